The number of ketones is 1. The molecule has 0 amide bonds. The predicted octanol–water partition coefficient (Wildman–Crippen LogP) is 5.75. The monoisotopic (exact) mass is 319 g/mol. The average molecular weight is 320 g/mol. The molecular formula is C19H26ClNO. The van der Waals surface area contributed by atoms with Crippen LogP contribution in [0.4, 0.5) is 5.69 Å². The highest BCUT2D eigenvalue weighted by Gasteiger charge is 2.33. The summed E-state index contributed by atoms with van der Waals surface area (Å²) in [5.74, 6) is 0.829. The molecule has 0 bridgehead atoms. The lowest BCUT2D eigenvalue weighted by atomic mass is 9.68. The number of anilines is 1. The van der Waals surface area contributed by atoms with Crippen molar-refractivity contribution in [1.29, 1.82) is 0 Å². The fraction of sp³-hybridized carbons (Fsp3) is 0.526. The number of halogens is 1. The van der Waals surface area contributed by atoms with Crippen molar-refractivity contribution in [2.45, 2.75) is 53.4 Å². The van der Waals surface area contributed by atoms with E-state index in [4.69, 9.17) is 11.6 Å². The summed E-state index contributed by atoms with van der Waals surface area (Å²) in [4.78, 5) is 12.2. The van der Waals surface area contributed by atoms with E-state index in [9.17, 15) is 4.79 Å². The molecule has 0 aromatic heterocycles. The fourth-order valence-electron chi connectivity index (χ4n) is 2.97. The highest BCUT2D eigenvalue weighted by molar-refractivity contribution is 6.34. The zero-order valence-electron chi connectivity index (χ0n) is 14.0. The van der Waals surface area contributed by atoms with Crippen molar-refractivity contribution in [3.8, 4) is 0 Å². The van der Waals surface area contributed by atoms with Crippen LogP contribution in [0.3, 0.4) is 0 Å². The highest BCUT2D eigenvalue weighted by atomic mass is 35.5. The van der Waals surface area contributed by atoms with Crippen LogP contribution >= 0.6 is 11.6 Å². The van der Waals surface area contributed by atoms with Gasteiger partial charge in [-0.25, -0.2) is 0 Å². The third-order valence-corrected chi connectivity index (χ3v) is 5.66. The summed E-state index contributed by atoms with van der Waals surface area (Å²) in [7, 11) is 0. The van der Waals surface area contributed by atoms with Crippen molar-refractivity contribution < 1.29 is 4.79 Å². The van der Waals surface area contributed by atoms with Gasteiger partial charge >= 0.3 is 0 Å². The van der Waals surface area contributed by atoms with Crippen molar-refractivity contribution in [2.75, 3.05) is 5.32 Å². The topological polar surface area (TPSA) is 29.1 Å². The first-order valence-corrected chi connectivity index (χ1v) is 8.47. The number of rotatable bonds is 4. The summed E-state index contributed by atoms with van der Waals surface area (Å²) >= 11 is 6.29. The molecule has 0 heterocycles. The number of benzene rings is 1. The number of carbonyl (C=O) groups excluding carboxylic acids is 1. The van der Waals surface area contributed by atoms with Crippen molar-refractivity contribution in [2.24, 2.45) is 11.3 Å². The van der Waals surface area contributed by atoms with Crippen molar-refractivity contribution in [3.05, 3.63) is 40.6 Å². The van der Waals surface area contributed by atoms with Gasteiger partial charge in [0, 0.05) is 18.2 Å². The van der Waals surface area contributed by atoms with Gasteiger partial charge in [0.1, 0.15) is 0 Å². The predicted molar refractivity (Wildman–Crippen MR) is 94.3 cm³/mol. The molecule has 2 nitrogen and oxygen atoms in total. The van der Waals surface area contributed by atoms with Crippen LogP contribution in [0, 0.1) is 18.3 Å². The average Bonchev–Trinajstić information content (AvgIpc) is 2.50. The first-order chi connectivity index (χ1) is 10.3. The van der Waals surface area contributed by atoms with Crippen molar-refractivity contribution in [3.63, 3.8) is 0 Å². The van der Waals surface area contributed by atoms with Gasteiger partial charge in [0.2, 0.25) is 0 Å². The Morgan fingerprint density at radius 1 is 1.41 bits per heavy atom. The van der Waals surface area contributed by atoms with Gasteiger partial charge in [-0.15, -0.1) is 0 Å². The van der Waals surface area contributed by atoms with Gasteiger partial charge in [-0.1, -0.05) is 50.9 Å². The third kappa shape index (κ3) is 3.73. The maximum absolute atomic E-state index is 12.2. The first-order valence-electron chi connectivity index (χ1n) is 8.09. The van der Waals surface area contributed by atoms with Gasteiger partial charge < -0.3 is 5.32 Å². The second kappa shape index (κ2) is 6.87. The Bertz CT molecular complexity index is 589. The molecule has 0 radical (unpaired) electrons. The van der Waals surface area contributed by atoms with Gasteiger partial charge in [0.25, 0.3) is 0 Å². The summed E-state index contributed by atoms with van der Waals surface area (Å²) in [5, 5.41) is 3.94. The molecule has 22 heavy (non-hydrogen) atoms. The van der Waals surface area contributed by atoms with E-state index in [0.29, 0.717) is 17.4 Å². The van der Waals surface area contributed by atoms with E-state index in [1.165, 1.54) is 0 Å². The summed E-state index contributed by atoms with van der Waals surface area (Å²) in [6.07, 6.45) is 5.51. The lowest BCUT2D eigenvalue weighted by Crippen LogP contribution is -2.29. The molecule has 120 valence electrons. The standard InChI is InChI=1S/C19H26ClNO/c1-5-19(3,4)15-9-10-17(22)14(11-15)12-21-16-8-6-7-13(2)18(16)20/h6-8,12,15,21H,5,9-11H2,1-4H3/b14-12+/t15-/m1/s1. The molecule has 1 saturated carbocycles. The molecule has 1 atom stereocenters. The summed E-state index contributed by atoms with van der Waals surface area (Å²) in [6, 6.07) is 5.88. The van der Waals surface area contributed by atoms with Crippen LogP contribution in [0.25, 0.3) is 0 Å². The van der Waals surface area contributed by atoms with E-state index >= 15 is 0 Å². The molecule has 0 unspecified atom stereocenters. The Balaban J connectivity index is 2.15. The third-order valence-electron chi connectivity index (χ3n) is 5.15. The van der Waals surface area contributed by atoms with Crippen LogP contribution in [-0.4, -0.2) is 5.78 Å². The molecule has 0 spiro atoms. The van der Waals surface area contributed by atoms with Gasteiger partial charge in [-0.3, -0.25) is 4.79 Å². The minimum atomic E-state index is 0.263. The summed E-state index contributed by atoms with van der Waals surface area (Å²) in [6.45, 7) is 8.81. The van der Waals surface area contributed by atoms with E-state index in [1.807, 2.05) is 31.3 Å². The van der Waals surface area contributed by atoms with Crippen LogP contribution in [-0.2, 0) is 4.79 Å². The second-order valence-electron chi connectivity index (χ2n) is 6.96. The van der Waals surface area contributed by atoms with Gasteiger partial charge in [0.05, 0.1) is 10.7 Å². The lowest BCUT2D eigenvalue weighted by Gasteiger charge is -2.36. The molecule has 1 aromatic carbocycles. The Hall–Kier alpha value is -1.28. The molecular weight excluding hydrogens is 294 g/mol. The largest absolute Gasteiger partial charge is 0.360 e. The first kappa shape index (κ1) is 17.1. The van der Waals surface area contributed by atoms with Gasteiger partial charge in [0.15, 0.2) is 5.78 Å². The number of hydrogen-bond donors (Lipinski definition) is 1. The smallest absolute Gasteiger partial charge is 0.160 e. The zero-order valence-corrected chi connectivity index (χ0v) is 14.8. The molecule has 0 saturated heterocycles. The molecule has 0 aliphatic heterocycles. The van der Waals surface area contributed by atoms with Crippen LogP contribution < -0.4 is 5.32 Å². The normalized spacial score (nSPS) is 21.2. The zero-order chi connectivity index (χ0) is 16.3. The van der Waals surface area contributed by atoms with Crippen LogP contribution in [0.15, 0.2) is 30.0 Å². The summed E-state index contributed by atoms with van der Waals surface area (Å²) in [5.41, 5.74) is 3.07. The highest BCUT2D eigenvalue weighted by Crippen LogP contribution is 2.41. The Kier molecular flexibility index (Phi) is 5.33. The minimum Gasteiger partial charge on any atom is -0.360 e. The van der Waals surface area contributed by atoms with E-state index in [-0.39, 0.29) is 11.2 Å². The Morgan fingerprint density at radius 3 is 2.82 bits per heavy atom. The SMILES string of the molecule is CCC(C)(C)[C@@H]1CCC(=O)/C(=C/Nc2cccc(C)c2Cl)C1. The quantitative estimate of drug-likeness (QED) is 0.716. The van der Waals surface area contributed by atoms with E-state index in [0.717, 1.165) is 36.1 Å². The van der Waals surface area contributed by atoms with Crippen molar-refractivity contribution >= 4 is 23.1 Å². The van der Waals surface area contributed by atoms with Crippen molar-refractivity contribution in [1.82, 2.24) is 0 Å². The molecule has 3 heteroatoms. The lowest BCUT2D eigenvalue weighted by molar-refractivity contribution is -0.117. The number of allylic oxidation sites excluding steroid dienone is 1. The molecule has 1 N–H and O–H groups in total. The van der Waals surface area contributed by atoms with Gasteiger partial charge in [-0.05, 0) is 42.7 Å². The number of carbonyl (C=O) groups is 1. The number of aryl methyl sites for hydroxylation is 1. The molecule has 1 aromatic rings. The summed E-state index contributed by atoms with van der Waals surface area (Å²) < 4.78 is 0. The van der Waals surface area contributed by atoms with Crippen LogP contribution in [0.1, 0.15) is 52.0 Å². The molecule has 2 rings (SSSR count). The van der Waals surface area contributed by atoms with E-state index in [1.54, 1.807) is 0 Å². The van der Waals surface area contributed by atoms with E-state index in [2.05, 4.69) is 26.1 Å². The van der Waals surface area contributed by atoms with E-state index < -0.39 is 0 Å². The minimum absolute atomic E-state index is 0.263. The fourth-order valence-corrected chi connectivity index (χ4v) is 3.15. The number of Topliss-reactive ketones (excluding diaryl/α,β-unsaturated/α-hetero) is 1. The second-order valence-corrected chi connectivity index (χ2v) is 7.33. The molecule has 1 aliphatic rings. The van der Waals surface area contributed by atoms with Crippen LogP contribution in [0.5, 0.6) is 0 Å². The Morgan fingerprint density at radius 2 is 2.14 bits per heavy atom. The molecule has 1 aliphatic carbocycles. The maximum Gasteiger partial charge on any atom is 0.160 e. The Labute approximate surface area is 138 Å². The maximum atomic E-state index is 12.2. The number of nitrogens with one attached hydrogen (secondary N) is 1. The van der Waals surface area contributed by atoms with Gasteiger partial charge in [-0.2, -0.15) is 0 Å². The molecule has 1 fully saturated rings. The number of hydrogen-bond acceptors (Lipinski definition) is 2. The van der Waals surface area contributed by atoms with Crippen LogP contribution in [0.2, 0.25) is 5.02 Å².